The van der Waals surface area contributed by atoms with Gasteiger partial charge in [-0.15, -0.1) is 0 Å². The molecule has 20 heavy (non-hydrogen) atoms. The quantitative estimate of drug-likeness (QED) is 0.857. The standard InChI is InChI=1S/C15H18F3NO/c1-19-12-6-7-13(19)9-14(20,8-12)10-2-4-11(5-3-10)15(16,17)18/h2-5,12-13,20H,6-9H2,1H3. The lowest BCUT2D eigenvalue weighted by atomic mass is 9.80. The number of piperidine rings is 1. The second-order valence-corrected chi connectivity index (χ2v) is 6.07. The molecule has 1 N–H and O–H groups in total. The van der Waals surface area contributed by atoms with E-state index in [-0.39, 0.29) is 0 Å². The van der Waals surface area contributed by atoms with Crippen LogP contribution in [0.3, 0.4) is 0 Å². The van der Waals surface area contributed by atoms with Gasteiger partial charge in [-0.1, -0.05) is 12.1 Å². The van der Waals surface area contributed by atoms with Crippen LogP contribution in [0.2, 0.25) is 0 Å². The summed E-state index contributed by atoms with van der Waals surface area (Å²) in [6, 6.07) is 5.64. The molecule has 0 aromatic heterocycles. The van der Waals surface area contributed by atoms with E-state index in [1.807, 2.05) is 0 Å². The molecular formula is C15H18F3NO. The number of rotatable bonds is 1. The van der Waals surface area contributed by atoms with Crippen molar-refractivity contribution in [3.05, 3.63) is 35.4 Å². The van der Waals surface area contributed by atoms with Crippen LogP contribution in [0.1, 0.15) is 36.8 Å². The molecular weight excluding hydrogens is 267 g/mol. The zero-order valence-corrected chi connectivity index (χ0v) is 11.3. The largest absolute Gasteiger partial charge is 0.416 e. The highest BCUT2D eigenvalue weighted by Crippen LogP contribution is 2.45. The van der Waals surface area contributed by atoms with Crippen molar-refractivity contribution in [1.82, 2.24) is 4.90 Å². The molecule has 2 heterocycles. The van der Waals surface area contributed by atoms with Crippen molar-refractivity contribution in [2.24, 2.45) is 0 Å². The van der Waals surface area contributed by atoms with Gasteiger partial charge in [0.1, 0.15) is 0 Å². The third kappa shape index (κ3) is 2.23. The van der Waals surface area contributed by atoms with Crippen LogP contribution in [0.25, 0.3) is 0 Å². The average Bonchev–Trinajstić information content (AvgIpc) is 2.62. The Kier molecular flexibility index (Phi) is 3.10. The van der Waals surface area contributed by atoms with Crippen molar-refractivity contribution in [2.75, 3.05) is 7.05 Å². The zero-order chi connectivity index (χ0) is 14.5. The normalized spacial score (nSPS) is 34.5. The fraction of sp³-hybridized carbons (Fsp3) is 0.600. The molecule has 0 radical (unpaired) electrons. The molecule has 0 spiro atoms. The number of aliphatic hydroxyl groups is 1. The van der Waals surface area contributed by atoms with Crippen LogP contribution in [0, 0.1) is 0 Å². The Hall–Kier alpha value is -1.07. The summed E-state index contributed by atoms with van der Waals surface area (Å²) in [6.45, 7) is 0. The predicted octanol–water partition coefficient (Wildman–Crippen LogP) is 3.15. The minimum Gasteiger partial charge on any atom is -0.385 e. The van der Waals surface area contributed by atoms with Crippen molar-refractivity contribution in [2.45, 2.75) is 49.5 Å². The monoisotopic (exact) mass is 285 g/mol. The molecule has 0 amide bonds. The summed E-state index contributed by atoms with van der Waals surface area (Å²) in [5.74, 6) is 0. The third-order valence-electron chi connectivity index (χ3n) is 4.88. The number of nitrogens with zero attached hydrogens (tertiary/aromatic N) is 1. The molecule has 2 aliphatic rings. The van der Waals surface area contributed by atoms with Crippen molar-refractivity contribution in [3.8, 4) is 0 Å². The van der Waals surface area contributed by atoms with Gasteiger partial charge in [0.2, 0.25) is 0 Å². The van der Waals surface area contributed by atoms with Gasteiger partial charge in [0.25, 0.3) is 0 Å². The summed E-state index contributed by atoms with van der Waals surface area (Å²) < 4.78 is 37.7. The Morgan fingerprint density at radius 3 is 2.05 bits per heavy atom. The summed E-state index contributed by atoms with van der Waals surface area (Å²) in [7, 11) is 2.06. The molecule has 2 saturated heterocycles. The fourth-order valence-electron chi connectivity index (χ4n) is 3.65. The number of hydrogen-bond acceptors (Lipinski definition) is 2. The molecule has 5 heteroatoms. The number of benzene rings is 1. The van der Waals surface area contributed by atoms with E-state index in [2.05, 4.69) is 11.9 Å². The van der Waals surface area contributed by atoms with E-state index in [1.54, 1.807) is 0 Å². The highest BCUT2D eigenvalue weighted by molar-refractivity contribution is 5.30. The van der Waals surface area contributed by atoms with Gasteiger partial charge >= 0.3 is 6.18 Å². The highest BCUT2D eigenvalue weighted by atomic mass is 19.4. The molecule has 2 unspecified atom stereocenters. The first kappa shape index (κ1) is 13.9. The summed E-state index contributed by atoms with van der Waals surface area (Å²) in [5.41, 5.74) is -1.04. The van der Waals surface area contributed by atoms with Crippen molar-refractivity contribution < 1.29 is 18.3 Å². The van der Waals surface area contributed by atoms with E-state index in [0.29, 0.717) is 30.5 Å². The molecule has 2 aliphatic heterocycles. The van der Waals surface area contributed by atoms with Gasteiger partial charge in [-0.2, -0.15) is 13.2 Å². The average molecular weight is 285 g/mol. The second kappa shape index (κ2) is 4.46. The molecule has 2 fully saturated rings. The van der Waals surface area contributed by atoms with E-state index in [0.717, 1.165) is 25.0 Å². The Balaban J connectivity index is 1.86. The first-order chi connectivity index (χ1) is 9.29. The summed E-state index contributed by atoms with van der Waals surface area (Å²) >= 11 is 0. The van der Waals surface area contributed by atoms with Gasteiger partial charge in [0.15, 0.2) is 0 Å². The number of fused-ring (bicyclic) bond motifs is 2. The highest BCUT2D eigenvalue weighted by Gasteiger charge is 2.46. The van der Waals surface area contributed by atoms with Gasteiger partial charge in [-0.25, -0.2) is 0 Å². The SMILES string of the molecule is CN1C2CCC1CC(O)(c1ccc(C(F)(F)F)cc1)C2. The Labute approximate surface area is 116 Å². The van der Waals surface area contributed by atoms with Gasteiger partial charge < -0.3 is 10.0 Å². The fourth-order valence-corrected chi connectivity index (χ4v) is 3.65. The van der Waals surface area contributed by atoms with Crippen molar-refractivity contribution in [1.29, 1.82) is 0 Å². The van der Waals surface area contributed by atoms with Crippen molar-refractivity contribution in [3.63, 3.8) is 0 Å². The van der Waals surface area contributed by atoms with E-state index < -0.39 is 17.3 Å². The predicted molar refractivity (Wildman–Crippen MR) is 69.1 cm³/mol. The first-order valence-corrected chi connectivity index (χ1v) is 6.92. The second-order valence-electron chi connectivity index (χ2n) is 6.07. The summed E-state index contributed by atoms with van der Waals surface area (Å²) in [5, 5.41) is 10.8. The van der Waals surface area contributed by atoms with Crippen LogP contribution in [-0.2, 0) is 11.8 Å². The molecule has 3 rings (SSSR count). The molecule has 2 nitrogen and oxygen atoms in total. The van der Waals surface area contributed by atoms with Crippen LogP contribution in [0.4, 0.5) is 13.2 Å². The lowest BCUT2D eigenvalue weighted by molar-refractivity contribution is -0.137. The molecule has 110 valence electrons. The van der Waals surface area contributed by atoms with E-state index in [4.69, 9.17) is 0 Å². The van der Waals surface area contributed by atoms with Gasteiger partial charge in [-0.05, 0) is 50.4 Å². The Morgan fingerprint density at radius 1 is 1.10 bits per heavy atom. The Morgan fingerprint density at radius 2 is 1.60 bits per heavy atom. The van der Waals surface area contributed by atoms with E-state index in [9.17, 15) is 18.3 Å². The maximum atomic E-state index is 12.6. The van der Waals surface area contributed by atoms with Gasteiger partial charge in [-0.3, -0.25) is 0 Å². The summed E-state index contributed by atoms with van der Waals surface area (Å²) in [6.07, 6.45) is -1.00. The molecule has 1 aromatic carbocycles. The molecule has 0 aliphatic carbocycles. The summed E-state index contributed by atoms with van der Waals surface area (Å²) in [4.78, 5) is 2.29. The van der Waals surface area contributed by atoms with Gasteiger partial charge in [0, 0.05) is 12.1 Å². The maximum Gasteiger partial charge on any atom is 0.416 e. The van der Waals surface area contributed by atoms with Gasteiger partial charge in [0.05, 0.1) is 11.2 Å². The number of alkyl halides is 3. The smallest absolute Gasteiger partial charge is 0.385 e. The zero-order valence-electron chi connectivity index (χ0n) is 11.3. The minimum absolute atomic E-state index is 0.334. The molecule has 2 bridgehead atoms. The topological polar surface area (TPSA) is 23.5 Å². The van der Waals surface area contributed by atoms with Crippen LogP contribution >= 0.6 is 0 Å². The van der Waals surface area contributed by atoms with Crippen LogP contribution < -0.4 is 0 Å². The number of halogens is 3. The van der Waals surface area contributed by atoms with Crippen molar-refractivity contribution >= 4 is 0 Å². The maximum absolute atomic E-state index is 12.6. The Bertz CT molecular complexity index is 483. The van der Waals surface area contributed by atoms with Crippen LogP contribution in [-0.4, -0.2) is 29.1 Å². The lowest BCUT2D eigenvalue weighted by Crippen LogP contribution is -2.47. The van der Waals surface area contributed by atoms with Crippen LogP contribution in [0.15, 0.2) is 24.3 Å². The molecule has 1 aromatic rings. The lowest BCUT2D eigenvalue weighted by Gasteiger charge is -2.42. The van der Waals surface area contributed by atoms with E-state index >= 15 is 0 Å². The molecule has 2 atom stereocenters. The van der Waals surface area contributed by atoms with Crippen LogP contribution in [0.5, 0.6) is 0 Å². The first-order valence-electron chi connectivity index (χ1n) is 6.92. The minimum atomic E-state index is -4.33. The third-order valence-corrected chi connectivity index (χ3v) is 4.88. The van der Waals surface area contributed by atoms with E-state index in [1.165, 1.54) is 12.1 Å². The number of hydrogen-bond donors (Lipinski definition) is 1. The molecule has 0 saturated carbocycles.